The highest BCUT2D eigenvalue weighted by Crippen LogP contribution is 2.29. The Kier molecular flexibility index (Phi) is 5.87. The van der Waals surface area contributed by atoms with E-state index in [2.05, 4.69) is 65.1 Å². The number of fused-ring (bicyclic) bond motifs is 1. The molecule has 0 unspecified atom stereocenters. The van der Waals surface area contributed by atoms with Gasteiger partial charge in [-0.3, -0.25) is 4.68 Å². The van der Waals surface area contributed by atoms with E-state index in [9.17, 15) is 5.26 Å². The fraction of sp³-hybridized carbons (Fsp3) is 0.250. The fourth-order valence-electron chi connectivity index (χ4n) is 4.48. The largest absolute Gasteiger partial charge is 0.308 e. The van der Waals surface area contributed by atoms with Gasteiger partial charge >= 0.3 is 0 Å². The van der Waals surface area contributed by atoms with Crippen molar-refractivity contribution in [1.82, 2.24) is 29.5 Å². The van der Waals surface area contributed by atoms with Crippen LogP contribution in [0.25, 0.3) is 33.5 Å². The molecule has 0 radical (unpaired) electrons. The number of hydrogen-bond donors (Lipinski definition) is 0. The minimum atomic E-state index is 0.633. The molecule has 0 atom stereocenters. The lowest BCUT2D eigenvalue weighted by atomic mass is 9.96. The minimum absolute atomic E-state index is 0.633. The predicted molar refractivity (Wildman–Crippen MR) is 137 cm³/mol. The summed E-state index contributed by atoms with van der Waals surface area (Å²) in [5.41, 5.74) is 9.46. The third-order valence-electron chi connectivity index (χ3n) is 6.32. The van der Waals surface area contributed by atoms with Crippen molar-refractivity contribution in [3.05, 3.63) is 82.9 Å². The molecule has 7 heteroatoms. The van der Waals surface area contributed by atoms with Gasteiger partial charge in [0.1, 0.15) is 17.0 Å². The normalized spacial score (nSPS) is 11.2. The summed E-state index contributed by atoms with van der Waals surface area (Å²) in [6, 6.07) is 18.6. The lowest BCUT2D eigenvalue weighted by molar-refractivity contribution is 0.627. The lowest BCUT2D eigenvalue weighted by Gasteiger charge is -2.11. The highest BCUT2D eigenvalue weighted by Gasteiger charge is 2.15. The van der Waals surface area contributed by atoms with Crippen LogP contribution in [0.3, 0.4) is 0 Å². The summed E-state index contributed by atoms with van der Waals surface area (Å²) in [5.74, 6) is 1.03. The third-order valence-corrected chi connectivity index (χ3v) is 6.32. The van der Waals surface area contributed by atoms with Crippen LogP contribution in [0.1, 0.15) is 42.1 Å². The van der Waals surface area contributed by atoms with Gasteiger partial charge in [-0.15, -0.1) is 5.10 Å². The van der Waals surface area contributed by atoms with Crippen molar-refractivity contribution in [2.24, 2.45) is 0 Å². The molecule has 174 valence electrons. The van der Waals surface area contributed by atoms with E-state index in [1.807, 2.05) is 38.2 Å². The number of nitrogens with zero attached hydrogens (tertiary/aromatic N) is 7. The average Bonchev–Trinajstić information content (AvgIpc) is 3.49. The summed E-state index contributed by atoms with van der Waals surface area (Å²) in [6.45, 7) is 9.72. The van der Waals surface area contributed by atoms with Crippen molar-refractivity contribution >= 4 is 11.2 Å². The standard InChI is InChI=1S/C28H27N7/c1-5-26-31-27-18(3)13-19(4)30-28(27)35(26)16-20-7-9-21(10-8-20)24-14-22(11-12-23(24)15-29)25-17-34(6-2)33-32-25/h7-14,17H,5-6,16H2,1-4H3. The van der Waals surface area contributed by atoms with E-state index >= 15 is 0 Å². The van der Waals surface area contributed by atoms with Crippen molar-refractivity contribution in [2.45, 2.75) is 47.2 Å². The molecule has 3 heterocycles. The minimum Gasteiger partial charge on any atom is -0.308 e. The van der Waals surface area contributed by atoms with Gasteiger partial charge in [-0.05, 0) is 55.7 Å². The van der Waals surface area contributed by atoms with Gasteiger partial charge < -0.3 is 4.57 Å². The van der Waals surface area contributed by atoms with Gasteiger partial charge in [-0.2, -0.15) is 5.26 Å². The van der Waals surface area contributed by atoms with E-state index in [4.69, 9.17) is 9.97 Å². The Labute approximate surface area is 204 Å². The van der Waals surface area contributed by atoms with E-state index in [1.54, 1.807) is 4.68 Å². The van der Waals surface area contributed by atoms with Crippen molar-refractivity contribution in [2.75, 3.05) is 0 Å². The second kappa shape index (κ2) is 9.15. The molecule has 0 aliphatic rings. The highest BCUT2D eigenvalue weighted by molar-refractivity contribution is 5.77. The van der Waals surface area contributed by atoms with Gasteiger partial charge in [0, 0.05) is 29.8 Å². The van der Waals surface area contributed by atoms with Crippen molar-refractivity contribution in [3.8, 4) is 28.5 Å². The number of pyridine rings is 1. The maximum Gasteiger partial charge on any atom is 0.160 e. The second-order valence-corrected chi connectivity index (χ2v) is 8.75. The monoisotopic (exact) mass is 461 g/mol. The molecule has 0 amide bonds. The first-order valence-electron chi connectivity index (χ1n) is 11.9. The number of nitriles is 1. The zero-order valence-electron chi connectivity index (χ0n) is 20.4. The van der Waals surface area contributed by atoms with E-state index in [-0.39, 0.29) is 0 Å². The first-order chi connectivity index (χ1) is 17.0. The van der Waals surface area contributed by atoms with Gasteiger partial charge in [0.05, 0.1) is 24.4 Å². The highest BCUT2D eigenvalue weighted by atomic mass is 15.4. The molecular weight excluding hydrogens is 434 g/mol. The summed E-state index contributed by atoms with van der Waals surface area (Å²) in [6.07, 6.45) is 2.76. The maximum atomic E-state index is 9.71. The predicted octanol–water partition coefficient (Wildman–Crippen LogP) is 5.48. The number of benzene rings is 2. The molecule has 0 bridgehead atoms. The summed E-state index contributed by atoms with van der Waals surface area (Å²) >= 11 is 0. The first-order valence-corrected chi connectivity index (χ1v) is 11.9. The molecule has 35 heavy (non-hydrogen) atoms. The Morgan fingerprint density at radius 2 is 1.71 bits per heavy atom. The molecule has 0 aliphatic heterocycles. The molecule has 0 saturated heterocycles. The summed E-state index contributed by atoms with van der Waals surface area (Å²) < 4.78 is 4.01. The zero-order valence-corrected chi connectivity index (χ0v) is 20.4. The van der Waals surface area contributed by atoms with Crippen LogP contribution in [-0.2, 0) is 19.5 Å². The van der Waals surface area contributed by atoms with Gasteiger partial charge in [0.25, 0.3) is 0 Å². The molecule has 0 aliphatic carbocycles. The Hall–Kier alpha value is -4.31. The van der Waals surface area contributed by atoms with Crippen molar-refractivity contribution in [3.63, 3.8) is 0 Å². The molecule has 0 N–H and O–H groups in total. The number of rotatable bonds is 6. The Balaban J connectivity index is 1.49. The van der Waals surface area contributed by atoms with E-state index in [0.29, 0.717) is 12.1 Å². The van der Waals surface area contributed by atoms with Crippen LogP contribution in [0.5, 0.6) is 0 Å². The number of aromatic nitrogens is 6. The SMILES string of the molecule is CCc1nc2c(C)cc(C)nc2n1Cc1ccc(-c2cc(-c3cn(CC)nn3)ccc2C#N)cc1. The first kappa shape index (κ1) is 22.5. The topological polar surface area (TPSA) is 85.2 Å². The van der Waals surface area contributed by atoms with Crippen LogP contribution in [-0.4, -0.2) is 29.5 Å². The van der Waals surface area contributed by atoms with Crippen LogP contribution in [0.2, 0.25) is 0 Å². The average molecular weight is 462 g/mol. The molecule has 0 spiro atoms. The molecule has 5 aromatic rings. The Morgan fingerprint density at radius 1 is 0.943 bits per heavy atom. The van der Waals surface area contributed by atoms with Crippen LogP contribution in [0, 0.1) is 25.2 Å². The van der Waals surface area contributed by atoms with Crippen molar-refractivity contribution in [1.29, 1.82) is 5.26 Å². The lowest BCUT2D eigenvalue weighted by Crippen LogP contribution is -2.05. The number of aryl methyl sites for hydroxylation is 4. The number of imidazole rings is 1. The quantitative estimate of drug-likeness (QED) is 0.334. The summed E-state index contributed by atoms with van der Waals surface area (Å²) in [7, 11) is 0. The molecular formula is C28H27N7. The van der Waals surface area contributed by atoms with Gasteiger partial charge in [0.2, 0.25) is 0 Å². The number of hydrogen-bond acceptors (Lipinski definition) is 5. The van der Waals surface area contributed by atoms with Gasteiger partial charge in [-0.1, -0.05) is 42.5 Å². The molecule has 5 rings (SSSR count). The van der Waals surface area contributed by atoms with Crippen LogP contribution >= 0.6 is 0 Å². The van der Waals surface area contributed by atoms with E-state index < -0.39 is 0 Å². The second-order valence-electron chi connectivity index (χ2n) is 8.75. The van der Waals surface area contributed by atoms with E-state index in [1.165, 1.54) is 0 Å². The van der Waals surface area contributed by atoms with Crippen LogP contribution in [0.4, 0.5) is 0 Å². The Morgan fingerprint density at radius 3 is 2.40 bits per heavy atom. The molecule has 7 nitrogen and oxygen atoms in total. The molecule has 0 saturated carbocycles. The molecule has 3 aromatic heterocycles. The Bertz CT molecular complexity index is 1570. The van der Waals surface area contributed by atoms with Gasteiger partial charge in [0.15, 0.2) is 5.65 Å². The summed E-state index contributed by atoms with van der Waals surface area (Å²) in [5, 5.41) is 18.1. The van der Waals surface area contributed by atoms with Gasteiger partial charge in [-0.25, -0.2) is 9.97 Å². The fourth-order valence-corrected chi connectivity index (χ4v) is 4.48. The maximum absolute atomic E-state index is 9.71. The molecule has 0 fully saturated rings. The zero-order chi connectivity index (χ0) is 24.5. The smallest absolute Gasteiger partial charge is 0.160 e. The third kappa shape index (κ3) is 4.19. The van der Waals surface area contributed by atoms with Crippen LogP contribution < -0.4 is 0 Å². The summed E-state index contributed by atoms with van der Waals surface area (Å²) in [4.78, 5) is 9.64. The van der Waals surface area contributed by atoms with Crippen molar-refractivity contribution < 1.29 is 0 Å². The molecule has 2 aromatic carbocycles. The van der Waals surface area contributed by atoms with Crippen LogP contribution in [0.15, 0.2) is 54.7 Å². The van der Waals surface area contributed by atoms with E-state index in [0.717, 1.165) is 69.2 Å².